The van der Waals surface area contributed by atoms with Crippen LogP contribution in [0.3, 0.4) is 0 Å². The first kappa shape index (κ1) is 13.5. The van der Waals surface area contributed by atoms with Gasteiger partial charge in [-0.1, -0.05) is 18.2 Å². The van der Waals surface area contributed by atoms with E-state index in [9.17, 15) is 8.78 Å². The van der Waals surface area contributed by atoms with Crippen LogP contribution in [-0.2, 0) is 13.1 Å². The smallest absolute Gasteiger partial charge is 0.129 e. The molecule has 0 spiro atoms. The normalized spacial score (nSPS) is 10.9. The number of rotatable bonds is 4. The van der Waals surface area contributed by atoms with Crippen molar-refractivity contribution in [1.82, 2.24) is 4.90 Å². The van der Waals surface area contributed by atoms with Crippen LogP contribution in [0.4, 0.5) is 14.5 Å². The summed E-state index contributed by atoms with van der Waals surface area (Å²) in [6.45, 7) is 1.10. The van der Waals surface area contributed by atoms with Crippen LogP contribution >= 0.6 is 0 Å². The number of anilines is 1. The van der Waals surface area contributed by atoms with Gasteiger partial charge in [0.1, 0.15) is 11.6 Å². The van der Waals surface area contributed by atoms with Gasteiger partial charge in [0, 0.05) is 24.3 Å². The maximum absolute atomic E-state index is 13.6. The number of hydrogen-bond acceptors (Lipinski definition) is 2. The summed E-state index contributed by atoms with van der Waals surface area (Å²) in [5.41, 5.74) is 7.51. The van der Waals surface area contributed by atoms with Gasteiger partial charge in [0.25, 0.3) is 0 Å². The third-order valence-electron chi connectivity index (χ3n) is 2.88. The summed E-state index contributed by atoms with van der Waals surface area (Å²) in [4.78, 5) is 1.96. The third kappa shape index (κ3) is 3.76. The van der Waals surface area contributed by atoms with Crippen molar-refractivity contribution in [2.45, 2.75) is 13.1 Å². The molecule has 0 amide bonds. The van der Waals surface area contributed by atoms with Crippen molar-refractivity contribution in [3.63, 3.8) is 0 Å². The highest BCUT2D eigenvalue weighted by Gasteiger charge is 2.07. The van der Waals surface area contributed by atoms with Crippen molar-refractivity contribution >= 4 is 5.69 Å². The minimum absolute atomic E-state index is 0.254. The highest BCUT2D eigenvalue weighted by molar-refractivity contribution is 5.40. The average Bonchev–Trinajstić information content (AvgIpc) is 2.36. The van der Waals surface area contributed by atoms with Gasteiger partial charge in [-0.25, -0.2) is 8.78 Å². The maximum Gasteiger partial charge on any atom is 0.129 e. The third-order valence-corrected chi connectivity index (χ3v) is 2.88. The van der Waals surface area contributed by atoms with Crippen molar-refractivity contribution in [2.75, 3.05) is 12.8 Å². The lowest BCUT2D eigenvalue weighted by Gasteiger charge is -2.17. The molecule has 0 atom stereocenters. The van der Waals surface area contributed by atoms with Crippen LogP contribution < -0.4 is 5.73 Å². The molecule has 0 heterocycles. The zero-order valence-electron chi connectivity index (χ0n) is 10.7. The highest BCUT2D eigenvalue weighted by atomic mass is 19.1. The molecule has 0 aliphatic heterocycles. The van der Waals surface area contributed by atoms with Crippen LogP contribution in [0.25, 0.3) is 0 Å². The lowest BCUT2D eigenvalue weighted by Crippen LogP contribution is -2.18. The van der Waals surface area contributed by atoms with Gasteiger partial charge in [-0.3, -0.25) is 4.90 Å². The van der Waals surface area contributed by atoms with E-state index in [-0.39, 0.29) is 11.6 Å². The molecule has 2 nitrogen and oxygen atoms in total. The van der Waals surface area contributed by atoms with Gasteiger partial charge < -0.3 is 5.73 Å². The number of halogens is 2. The molecule has 0 radical (unpaired) electrons. The van der Waals surface area contributed by atoms with Crippen molar-refractivity contribution in [3.8, 4) is 0 Å². The first-order chi connectivity index (χ1) is 9.04. The van der Waals surface area contributed by atoms with Crippen molar-refractivity contribution in [3.05, 3.63) is 65.2 Å². The van der Waals surface area contributed by atoms with Crippen LogP contribution in [0.1, 0.15) is 11.1 Å². The minimum atomic E-state index is -0.300. The minimum Gasteiger partial charge on any atom is -0.399 e. The van der Waals surface area contributed by atoms with E-state index in [0.717, 1.165) is 5.56 Å². The molecule has 0 aliphatic rings. The first-order valence-electron chi connectivity index (χ1n) is 6.01. The Morgan fingerprint density at radius 2 is 1.68 bits per heavy atom. The zero-order valence-corrected chi connectivity index (χ0v) is 10.7. The Hall–Kier alpha value is -1.94. The maximum atomic E-state index is 13.6. The molecule has 100 valence electrons. The molecular formula is C15H16F2N2. The topological polar surface area (TPSA) is 29.3 Å². The lowest BCUT2D eigenvalue weighted by molar-refractivity contribution is 0.313. The van der Waals surface area contributed by atoms with E-state index in [1.165, 1.54) is 18.2 Å². The van der Waals surface area contributed by atoms with E-state index in [2.05, 4.69) is 0 Å². The average molecular weight is 262 g/mol. The number of nitrogen functional groups attached to an aromatic ring is 1. The predicted molar refractivity (Wildman–Crippen MR) is 72.4 cm³/mol. The molecule has 0 aliphatic carbocycles. The van der Waals surface area contributed by atoms with Crippen LogP contribution in [-0.4, -0.2) is 11.9 Å². The van der Waals surface area contributed by atoms with Crippen molar-refractivity contribution < 1.29 is 8.78 Å². The Balaban J connectivity index is 2.01. The first-order valence-corrected chi connectivity index (χ1v) is 6.01. The molecule has 0 bridgehead atoms. The fourth-order valence-electron chi connectivity index (χ4n) is 1.94. The standard InChI is InChI=1S/C15H16F2N2/c1-19(9-11-2-5-13(16)6-3-11)10-12-4-7-14(18)8-15(12)17/h2-8H,9-10,18H2,1H3. The Bertz CT molecular complexity index is 553. The second-order valence-corrected chi connectivity index (χ2v) is 4.65. The number of hydrogen-bond donors (Lipinski definition) is 1. The summed E-state index contributed by atoms with van der Waals surface area (Å²) in [7, 11) is 1.89. The van der Waals surface area contributed by atoms with Crippen LogP contribution in [0.5, 0.6) is 0 Å². The molecule has 0 aromatic heterocycles. The molecule has 4 heteroatoms. The molecule has 2 aromatic carbocycles. The molecule has 0 unspecified atom stereocenters. The molecule has 2 N–H and O–H groups in total. The second kappa shape index (κ2) is 5.80. The number of benzene rings is 2. The predicted octanol–water partition coefficient (Wildman–Crippen LogP) is 3.18. The monoisotopic (exact) mass is 262 g/mol. The van der Waals surface area contributed by atoms with Crippen LogP contribution in [0.2, 0.25) is 0 Å². The van der Waals surface area contributed by atoms with Crippen LogP contribution in [0, 0.1) is 11.6 Å². The van der Waals surface area contributed by atoms with E-state index in [4.69, 9.17) is 5.73 Å². The molecule has 0 saturated heterocycles. The quantitative estimate of drug-likeness (QED) is 0.857. The molecule has 2 rings (SSSR count). The lowest BCUT2D eigenvalue weighted by atomic mass is 10.1. The van der Waals surface area contributed by atoms with Gasteiger partial charge in [0.15, 0.2) is 0 Å². The van der Waals surface area contributed by atoms with Gasteiger partial charge in [0.05, 0.1) is 0 Å². The zero-order chi connectivity index (χ0) is 13.8. The fourth-order valence-corrected chi connectivity index (χ4v) is 1.94. The molecule has 19 heavy (non-hydrogen) atoms. The summed E-state index contributed by atoms with van der Waals surface area (Å²) < 4.78 is 26.4. The largest absolute Gasteiger partial charge is 0.399 e. The summed E-state index contributed by atoms with van der Waals surface area (Å²) >= 11 is 0. The van der Waals surface area contributed by atoms with E-state index in [1.54, 1.807) is 24.3 Å². The fraction of sp³-hybridized carbons (Fsp3) is 0.200. The second-order valence-electron chi connectivity index (χ2n) is 4.65. The highest BCUT2D eigenvalue weighted by Crippen LogP contribution is 2.15. The molecule has 0 saturated carbocycles. The van der Waals surface area contributed by atoms with Gasteiger partial charge in [-0.05, 0) is 36.9 Å². The summed E-state index contributed by atoms with van der Waals surface area (Å²) in [6.07, 6.45) is 0. The summed E-state index contributed by atoms with van der Waals surface area (Å²) in [6, 6.07) is 11.0. The van der Waals surface area contributed by atoms with Gasteiger partial charge >= 0.3 is 0 Å². The van der Waals surface area contributed by atoms with Crippen LogP contribution in [0.15, 0.2) is 42.5 Å². The van der Waals surface area contributed by atoms with Gasteiger partial charge in [-0.2, -0.15) is 0 Å². The summed E-state index contributed by atoms with van der Waals surface area (Å²) in [5, 5.41) is 0. The molecular weight excluding hydrogens is 246 g/mol. The Kier molecular flexibility index (Phi) is 4.12. The van der Waals surface area contributed by atoms with Gasteiger partial charge in [-0.15, -0.1) is 0 Å². The van der Waals surface area contributed by atoms with E-state index in [0.29, 0.717) is 24.3 Å². The van der Waals surface area contributed by atoms with Crippen molar-refractivity contribution in [1.29, 1.82) is 0 Å². The van der Waals surface area contributed by atoms with E-state index in [1.807, 2.05) is 11.9 Å². The van der Waals surface area contributed by atoms with Gasteiger partial charge in [0.2, 0.25) is 0 Å². The number of nitrogens with two attached hydrogens (primary N) is 1. The molecule has 0 fully saturated rings. The van der Waals surface area contributed by atoms with E-state index >= 15 is 0 Å². The SMILES string of the molecule is CN(Cc1ccc(F)cc1)Cc1ccc(N)cc1F. The Morgan fingerprint density at radius 1 is 1.00 bits per heavy atom. The summed E-state index contributed by atoms with van der Waals surface area (Å²) in [5.74, 6) is -0.554. The van der Waals surface area contributed by atoms with E-state index < -0.39 is 0 Å². The molecule has 2 aromatic rings. The Labute approximate surface area is 111 Å². The van der Waals surface area contributed by atoms with Crippen molar-refractivity contribution in [2.24, 2.45) is 0 Å². The number of nitrogens with zero attached hydrogens (tertiary/aromatic N) is 1. The Morgan fingerprint density at radius 3 is 2.32 bits per heavy atom.